The second kappa shape index (κ2) is 4.28. The number of benzene rings is 1. The van der Waals surface area contributed by atoms with E-state index >= 15 is 0 Å². The van der Waals surface area contributed by atoms with Crippen molar-refractivity contribution in [3.8, 4) is 10.4 Å². The number of thiazole rings is 1. The summed E-state index contributed by atoms with van der Waals surface area (Å²) in [7, 11) is 0. The molecule has 1 aromatic heterocycles. The van der Waals surface area contributed by atoms with Gasteiger partial charge in [0.2, 0.25) is 0 Å². The zero-order chi connectivity index (χ0) is 10.8. The molecule has 1 heterocycles. The molecule has 2 aromatic rings. The molecule has 0 saturated carbocycles. The Morgan fingerprint density at radius 3 is 2.60 bits per heavy atom. The second-order valence-electron chi connectivity index (χ2n) is 2.87. The summed E-state index contributed by atoms with van der Waals surface area (Å²) in [6.45, 7) is 0. The highest BCUT2D eigenvalue weighted by Gasteiger charge is 2.15. The number of rotatable bonds is 2. The van der Waals surface area contributed by atoms with Crippen molar-refractivity contribution in [3.63, 3.8) is 0 Å². The molecule has 0 fully saturated rings. The Kier molecular flexibility index (Phi) is 3.01. The van der Waals surface area contributed by atoms with Crippen LogP contribution in [0.3, 0.4) is 0 Å². The molecule has 0 bridgehead atoms. The van der Waals surface area contributed by atoms with Gasteiger partial charge in [-0.15, -0.1) is 11.3 Å². The highest BCUT2D eigenvalue weighted by atomic mass is 127. The molecular weight excluding hydrogens is 323 g/mol. The SMILES string of the molecule is NC(=O)c1nc(I)sc1-c1ccccc1. The Morgan fingerprint density at radius 2 is 2.00 bits per heavy atom. The summed E-state index contributed by atoms with van der Waals surface area (Å²) in [6.07, 6.45) is 0. The van der Waals surface area contributed by atoms with Crippen LogP contribution in [0, 0.1) is 3.01 Å². The van der Waals surface area contributed by atoms with Gasteiger partial charge < -0.3 is 5.73 Å². The summed E-state index contributed by atoms with van der Waals surface area (Å²) in [5, 5.41) is 0. The molecule has 5 heteroatoms. The Labute approximate surface area is 104 Å². The van der Waals surface area contributed by atoms with E-state index in [1.807, 2.05) is 30.3 Å². The number of aromatic nitrogens is 1. The molecule has 15 heavy (non-hydrogen) atoms. The quantitative estimate of drug-likeness (QED) is 0.861. The summed E-state index contributed by atoms with van der Waals surface area (Å²) in [5.41, 5.74) is 6.60. The largest absolute Gasteiger partial charge is 0.364 e. The Morgan fingerprint density at radius 1 is 1.33 bits per heavy atom. The molecule has 3 nitrogen and oxygen atoms in total. The van der Waals surface area contributed by atoms with Crippen LogP contribution in [-0.2, 0) is 0 Å². The predicted molar refractivity (Wildman–Crippen MR) is 68.8 cm³/mol. The molecule has 76 valence electrons. The molecule has 2 rings (SSSR count). The number of hydrogen-bond donors (Lipinski definition) is 1. The number of carbonyl (C=O) groups excluding carboxylic acids is 1. The molecule has 0 atom stereocenters. The second-order valence-corrected chi connectivity index (χ2v) is 5.63. The molecule has 2 N–H and O–H groups in total. The molecule has 1 aromatic carbocycles. The first kappa shape index (κ1) is 10.6. The topological polar surface area (TPSA) is 56.0 Å². The summed E-state index contributed by atoms with van der Waals surface area (Å²) < 4.78 is 0.820. The van der Waals surface area contributed by atoms with E-state index in [2.05, 4.69) is 27.6 Å². The molecular formula is C10H7IN2OS. The minimum absolute atomic E-state index is 0.357. The standard InChI is InChI=1S/C10H7IN2OS/c11-10-13-7(9(12)14)8(15-10)6-4-2-1-3-5-6/h1-5H,(H2,12,14). The highest BCUT2D eigenvalue weighted by Crippen LogP contribution is 2.30. The average molecular weight is 330 g/mol. The number of nitrogens with two attached hydrogens (primary N) is 1. The fourth-order valence-electron chi connectivity index (χ4n) is 1.25. The molecule has 0 aliphatic heterocycles. The van der Waals surface area contributed by atoms with Crippen molar-refractivity contribution in [1.82, 2.24) is 4.98 Å². The number of amides is 1. The maximum Gasteiger partial charge on any atom is 0.268 e. The molecule has 1 amide bonds. The lowest BCUT2D eigenvalue weighted by molar-refractivity contribution is 0.0996. The van der Waals surface area contributed by atoms with E-state index in [0.29, 0.717) is 5.69 Å². The van der Waals surface area contributed by atoms with Gasteiger partial charge in [-0.2, -0.15) is 0 Å². The monoisotopic (exact) mass is 330 g/mol. The number of carbonyl (C=O) groups is 1. The third-order valence-electron chi connectivity index (χ3n) is 1.87. The van der Waals surface area contributed by atoms with Crippen LogP contribution in [0.15, 0.2) is 30.3 Å². The van der Waals surface area contributed by atoms with Gasteiger partial charge in [-0.3, -0.25) is 4.79 Å². The van der Waals surface area contributed by atoms with E-state index in [0.717, 1.165) is 13.5 Å². The fourth-order valence-corrected chi connectivity index (χ4v) is 2.95. The van der Waals surface area contributed by atoms with E-state index in [-0.39, 0.29) is 0 Å². The van der Waals surface area contributed by atoms with Crippen LogP contribution in [-0.4, -0.2) is 10.9 Å². The third-order valence-corrected chi connectivity index (χ3v) is 3.67. The summed E-state index contributed by atoms with van der Waals surface area (Å²) in [4.78, 5) is 16.1. The van der Waals surface area contributed by atoms with Crippen molar-refractivity contribution in [3.05, 3.63) is 39.0 Å². The van der Waals surface area contributed by atoms with Crippen LogP contribution in [0.1, 0.15) is 10.5 Å². The van der Waals surface area contributed by atoms with Gasteiger partial charge in [0.1, 0.15) is 5.69 Å². The zero-order valence-corrected chi connectivity index (χ0v) is 10.6. The number of halogens is 1. The van der Waals surface area contributed by atoms with Gasteiger partial charge in [0.15, 0.2) is 3.01 Å². The van der Waals surface area contributed by atoms with Crippen LogP contribution in [0.5, 0.6) is 0 Å². The van der Waals surface area contributed by atoms with Gasteiger partial charge in [-0.1, -0.05) is 30.3 Å². The average Bonchev–Trinajstić information content (AvgIpc) is 2.62. The highest BCUT2D eigenvalue weighted by molar-refractivity contribution is 14.1. The maximum absolute atomic E-state index is 11.2. The van der Waals surface area contributed by atoms with Crippen molar-refractivity contribution < 1.29 is 4.79 Å². The molecule has 0 aliphatic rings. The molecule has 0 aliphatic carbocycles. The van der Waals surface area contributed by atoms with E-state index in [4.69, 9.17) is 5.73 Å². The lowest BCUT2D eigenvalue weighted by atomic mass is 10.1. The summed E-state index contributed by atoms with van der Waals surface area (Å²) >= 11 is 3.56. The maximum atomic E-state index is 11.2. The first-order valence-electron chi connectivity index (χ1n) is 4.20. The molecule has 0 saturated heterocycles. The smallest absolute Gasteiger partial charge is 0.268 e. The van der Waals surface area contributed by atoms with Crippen molar-refractivity contribution in [2.24, 2.45) is 5.73 Å². The minimum atomic E-state index is -0.479. The lowest BCUT2D eigenvalue weighted by Crippen LogP contribution is -2.12. The Balaban J connectivity index is 2.58. The molecule has 0 radical (unpaired) electrons. The van der Waals surface area contributed by atoms with Crippen molar-refractivity contribution in [1.29, 1.82) is 0 Å². The first-order valence-corrected chi connectivity index (χ1v) is 6.09. The van der Waals surface area contributed by atoms with Gasteiger partial charge in [0.25, 0.3) is 5.91 Å². The third kappa shape index (κ3) is 2.18. The first-order chi connectivity index (χ1) is 7.18. The van der Waals surface area contributed by atoms with E-state index in [1.54, 1.807) is 0 Å². The van der Waals surface area contributed by atoms with Gasteiger partial charge in [-0.25, -0.2) is 4.98 Å². The lowest BCUT2D eigenvalue weighted by Gasteiger charge is -1.97. The molecule has 0 unspecified atom stereocenters. The van der Waals surface area contributed by atoms with Gasteiger partial charge in [-0.05, 0) is 28.2 Å². The van der Waals surface area contributed by atoms with Crippen LogP contribution >= 0.6 is 33.9 Å². The van der Waals surface area contributed by atoms with Gasteiger partial charge >= 0.3 is 0 Å². The number of hydrogen-bond acceptors (Lipinski definition) is 3. The van der Waals surface area contributed by atoms with Crippen molar-refractivity contribution in [2.75, 3.05) is 0 Å². The van der Waals surface area contributed by atoms with E-state index in [9.17, 15) is 4.79 Å². The minimum Gasteiger partial charge on any atom is -0.364 e. The summed E-state index contributed by atoms with van der Waals surface area (Å²) in [5.74, 6) is -0.479. The van der Waals surface area contributed by atoms with E-state index < -0.39 is 5.91 Å². The number of primary amides is 1. The Bertz CT molecular complexity index is 495. The van der Waals surface area contributed by atoms with Gasteiger partial charge in [0, 0.05) is 0 Å². The summed E-state index contributed by atoms with van der Waals surface area (Å²) in [6, 6.07) is 9.66. The predicted octanol–water partition coefficient (Wildman–Crippen LogP) is 2.51. The van der Waals surface area contributed by atoms with Crippen molar-refractivity contribution >= 4 is 39.8 Å². The van der Waals surface area contributed by atoms with Crippen LogP contribution in [0.25, 0.3) is 10.4 Å². The van der Waals surface area contributed by atoms with Crippen molar-refractivity contribution in [2.45, 2.75) is 0 Å². The van der Waals surface area contributed by atoms with Crippen LogP contribution in [0.4, 0.5) is 0 Å². The zero-order valence-electron chi connectivity index (χ0n) is 7.61. The van der Waals surface area contributed by atoms with Crippen LogP contribution < -0.4 is 5.73 Å². The fraction of sp³-hybridized carbons (Fsp3) is 0. The molecule has 0 spiro atoms. The van der Waals surface area contributed by atoms with E-state index in [1.165, 1.54) is 11.3 Å². The van der Waals surface area contributed by atoms with Gasteiger partial charge in [0.05, 0.1) is 4.88 Å². The number of nitrogens with zero attached hydrogens (tertiary/aromatic N) is 1. The van der Waals surface area contributed by atoms with Crippen LogP contribution in [0.2, 0.25) is 0 Å². The Hall–Kier alpha value is -0.950. The normalized spacial score (nSPS) is 10.2.